The lowest BCUT2D eigenvalue weighted by Gasteiger charge is -2.00. The first-order valence-electron chi connectivity index (χ1n) is 8.52. The number of hydrogen-bond acceptors (Lipinski definition) is 7. The first-order chi connectivity index (χ1) is 14.0. The topological polar surface area (TPSA) is 119 Å². The molecule has 0 aliphatic carbocycles. The lowest BCUT2D eigenvalue weighted by Crippen LogP contribution is -2.13. The summed E-state index contributed by atoms with van der Waals surface area (Å²) in [6.07, 6.45) is 0. The van der Waals surface area contributed by atoms with E-state index in [1.165, 1.54) is 40.3 Å². The number of azo groups is 1. The van der Waals surface area contributed by atoms with Crippen LogP contribution in [0.1, 0.15) is 5.69 Å². The number of thiazole rings is 1. The minimum Gasteiger partial charge on any atom is -0.293 e. The van der Waals surface area contributed by atoms with Crippen LogP contribution in [0.4, 0.5) is 16.5 Å². The van der Waals surface area contributed by atoms with Crippen LogP contribution in [0.3, 0.4) is 0 Å². The van der Waals surface area contributed by atoms with E-state index in [2.05, 4.69) is 20.3 Å². The highest BCUT2D eigenvalue weighted by Gasteiger charge is 2.14. The lowest BCUT2D eigenvalue weighted by molar-refractivity contribution is -0.384. The average Bonchev–Trinajstić information content (AvgIpc) is 3.32. The summed E-state index contributed by atoms with van der Waals surface area (Å²) in [7, 11) is 0. The number of benzene rings is 2. The van der Waals surface area contributed by atoms with E-state index in [1.54, 1.807) is 6.92 Å². The van der Waals surface area contributed by atoms with Gasteiger partial charge in [-0.3, -0.25) is 20.0 Å². The van der Waals surface area contributed by atoms with Crippen molar-refractivity contribution in [1.82, 2.24) is 14.8 Å². The van der Waals surface area contributed by atoms with Crippen molar-refractivity contribution in [3.8, 4) is 16.9 Å². The second-order valence-corrected chi connectivity index (χ2v) is 6.92. The summed E-state index contributed by atoms with van der Waals surface area (Å²) in [6.45, 7) is 1.70. The third-order valence-electron chi connectivity index (χ3n) is 4.16. The van der Waals surface area contributed by atoms with Crippen LogP contribution in [0.5, 0.6) is 0 Å². The summed E-state index contributed by atoms with van der Waals surface area (Å²) in [5.41, 5.74) is 2.45. The molecule has 0 bridgehead atoms. The SMILES string of the molecule is Cc1[nH]n(-c2ccc([N+](=O)[O-])cc2)c(=O)c1N=Nc1nc(-c2ccccc2)cs1. The summed E-state index contributed by atoms with van der Waals surface area (Å²) >= 11 is 1.33. The summed E-state index contributed by atoms with van der Waals surface area (Å²) in [4.78, 5) is 27.4. The highest BCUT2D eigenvalue weighted by Crippen LogP contribution is 2.28. The van der Waals surface area contributed by atoms with Gasteiger partial charge in [-0.15, -0.1) is 21.6 Å². The maximum atomic E-state index is 12.7. The molecule has 0 atom stereocenters. The van der Waals surface area contributed by atoms with Gasteiger partial charge < -0.3 is 0 Å². The number of rotatable bonds is 5. The van der Waals surface area contributed by atoms with E-state index in [0.717, 1.165) is 11.3 Å². The zero-order chi connectivity index (χ0) is 20.4. The third kappa shape index (κ3) is 3.73. The molecule has 0 fully saturated rings. The van der Waals surface area contributed by atoms with Gasteiger partial charge in [0, 0.05) is 23.1 Å². The average molecular weight is 406 g/mol. The maximum absolute atomic E-state index is 12.7. The molecular formula is C19H14N6O3S. The minimum atomic E-state index is -0.496. The van der Waals surface area contributed by atoms with Crippen LogP contribution in [0.15, 0.2) is 75.0 Å². The van der Waals surface area contributed by atoms with E-state index >= 15 is 0 Å². The molecule has 0 spiro atoms. The van der Waals surface area contributed by atoms with Gasteiger partial charge in [-0.05, 0) is 19.1 Å². The lowest BCUT2D eigenvalue weighted by atomic mass is 10.2. The maximum Gasteiger partial charge on any atom is 0.299 e. The Labute approximate surface area is 168 Å². The molecule has 0 unspecified atom stereocenters. The monoisotopic (exact) mass is 406 g/mol. The van der Waals surface area contributed by atoms with Crippen molar-refractivity contribution >= 4 is 27.8 Å². The standard InChI is InChI=1S/C19H14N6O3S/c1-12-17(18(26)24(23-12)14-7-9-15(10-8-14)25(27)28)21-22-19-20-16(11-29-19)13-5-3-2-4-6-13/h2-11,23H,1H3. The first-order valence-corrected chi connectivity index (χ1v) is 9.40. The van der Waals surface area contributed by atoms with E-state index in [9.17, 15) is 14.9 Å². The Balaban J connectivity index is 1.61. The number of nitro benzene ring substituents is 1. The summed E-state index contributed by atoms with van der Waals surface area (Å²) in [6, 6.07) is 15.3. The van der Waals surface area contributed by atoms with E-state index in [-0.39, 0.29) is 11.4 Å². The van der Waals surface area contributed by atoms with E-state index in [4.69, 9.17) is 0 Å². The quantitative estimate of drug-likeness (QED) is 0.287. The Morgan fingerprint density at radius 2 is 1.83 bits per heavy atom. The molecule has 1 N–H and O–H groups in total. The minimum absolute atomic E-state index is 0.0528. The number of H-pyrrole nitrogens is 1. The number of non-ortho nitro benzene ring substituents is 1. The van der Waals surface area contributed by atoms with Crippen LogP contribution in [-0.2, 0) is 0 Å². The molecule has 0 saturated carbocycles. The molecule has 0 amide bonds. The fourth-order valence-electron chi connectivity index (χ4n) is 2.71. The molecule has 9 nitrogen and oxygen atoms in total. The number of hydrogen-bond donors (Lipinski definition) is 1. The van der Waals surface area contributed by atoms with Gasteiger partial charge in [-0.2, -0.15) is 0 Å². The van der Waals surface area contributed by atoms with Crippen molar-refractivity contribution in [2.75, 3.05) is 0 Å². The van der Waals surface area contributed by atoms with Crippen molar-refractivity contribution in [3.63, 3.8) is 0 Å². The molecule has 2 heterocycles. The Hall–Kier alpha value is -3.92. The molecule has 0 saturated heterocycles. The van der Waals surface area contributed by atoms with Gasteiger partial charge in [0.2, 0.25) is 5.13 Å². The highest BCUT2D eigenvalue weighted by molar-refractivity contribution is 7.13. The predicted molar refractivity (Wildman–Crippen MR) is 110 cm³/mol. The normalized spacial score (nSPS) is 11.2. The van der Waals surface area contributed by atoms with Crippen molar-refractivity contribution < 1.29 is 4.92 Å². The molecule has 0 aliphatic heterocycles. The van der Waals surface area contributed by atoms with Crippen molar-refractivity contribution in [3.05, 3.63) is 86.1 Å². The zero-order valence-electron chi connectivity index (χ0n) is 15.1. The van der Waals surface area contributed by atoms with Gasteiger partial charge in [0.1, 0.15) is 0 Å². The molecule has 4 aromatic rings. The third-order valence-corrected chi connectivity index (χ3v) is 4.88. The predicted octanol–water partition coefficient (Wildman–Crippen LogP) is 4.92. The van der Waals surface area contributed by atoms with Gasteiger partial charge in [0.05, 0.1) is 22.0 Å². The van der Waals surface area contributed by atoms with Crippen molar-refractivity contribution in [2.45, 2.75) is 6.92 Å². The molecular weight excluding hydrogens is 392 g/mol. The Bertz CT molecular complexity index is 1260. The second kappa shape index (κ2) is 7.60. The van der Waals surface area contributed by atoms with Gasteiger partial charge in [-0.1, -0.05) is 30.3 Å². The Kier molecular flexibility index (Phi) is 4.83. The number of aromatic nitrogens is 3. The van der Waals surface area contributed by atoms with Gasteiger partial charge in [-0.25, -0.2) is 9.67 Å². The molecule has 0 aliphatic rings. The highest BCUT2D eigenvalue weighted by atomic mass is 32.1. The zero-order valence-corrected chi connectivity index (χ0v) is 16.0. The largest absolute Gasteiger partial charge is 0.299 e. The van der Waals surface area contributed by atoms with Crippen LogP contribution in [0.25, 0.3) is 16.9 Å². The fraction of sp³-hybridized carbons (Fsp3) is 0.0526. The Morgan fingerprint density at radius 3 is 2.52 bits per heavy atom. The number of aromatic amines is 1. The number of nitrogens with one attached hydrogen (secondary N) is 1. The van der Waals surface area contributed by atoms with E-state index in [1.807, 2.05) is 35.7 Å². The van der Waals surface area contributed by atoms with Crippen molar-refractivity contribution in [1.29, 1.82) is 0 Å². The summed E-state index contributed by atoms with van der Waals surface area (Å²) < 4.78 is 1.27. The van der Waals surface area contributed by atoms with Crippen LogP contribution < -0.4 is 5.56 Å². The number of nitrogens with zero attached hydrogens (tertiary/aromatic N) is 5. The van der Waals surface area contributed by atoms with Crippen LogP contribution in [0, 0.1) is 17.0 Å². The molecule has 2 aromatic heterocycles. The van der Waals surface area contributed by atoms with Crippen LogP contribution in [0.2, 0.25) is 0 Å². The molecule has 144 valence electrons. The molecule has 0 radical (unpaired) electrons. The first kappa shape index (κ1) is 18.4. The van der Waals surface area contributed by atoms with E-state index < -0.39 is 10.5 Å². The molecule has 10 heteroatoms. The number of nitro groups is 1. The fourth-order valence-corrected chi connectivity index (χ4v) is 3.35. The summed E-state index contributed by atoms with van der Waals surface area (Å²) in [5.74, 6) is 0. The summed E-state index contributed by atoms with van der Waals surface area (Å²) in [5, 5.41) is 24.2. The smallest absolute Gasteiger partial charge is 0.293 e. The number of aryl methyl sites for hydroxylation is 1. The van der Waals surface area contributed by atoms with Gasteiger partial charge in [0.15, 0.2) is 5.69 Å². The van der Waals surface area contributed by atoms with E-state index in [0.29, 0.717) is 16.5 Å². The van der Waals surface area contributed by atoms with Gasteiger partial charge in [0.25, 0.3) is 11.2 Å². The molecule has 2 aromatic carbocycles. The van der Waals surface area contributed by atoms with Crippen molar-refractivity contribution in [2.24, 2.45) is 10.2 Å². The molecule has 29 heavy (non-hydrogen) atoms. The van der Waals surface area contributed by atoms with Crippen LogP contribution >= 0.6 is 11.3 Å². The Morgan fingerprint density at radius 1 is 1.10 bits per heavy atom. The second-order valence-electron chi connectivity index (χ2n) is 6.08. The van der Waals surface area contributed by atoms with Crippen LogP contribution in [-0.4, -0.2) is 19.7 Å². The molecule has 4 rings (SSSR count). The van der Waals surface area contributed by atoms with Gasteiger partial charge >= 0.3 is 0 Å².